The van der Waals surface area contributed by atoms with Crippen LogP contribution in [0.25, 0.3) is 33.3 Å². The summed E-state index contributed by atoms with van der Waals surface area (Å²) in [7, 11) is 2.19. The van der Waals surface area contributed by atoms with Crippen molar-refractivity contribution in [3.05, 3.63) is 77.6 Å². The number of piperidine rings is 1. The second-order valence-corrected chi connectivity index (χ2v) is 9.24. The number of imidazole rings is 1. The fraction of sp³-hybridized carbons (Fsp3) is 0.286. The normalized spacial score (nSPS) is 15.1. The molecule has 0 saturated carbocycles. The number of hydrogen-bond acceptors (Lipinski definition) is 4. The van der Waals surface area contributed by atoms with Crippen molar-refractivity contribution < 1.29 is 9.90 Å². The second kappa shape index (κ2) is 9.41. The molecule has 3 aromatic carbocycles. The Bertz CT molecular complexity index is 1320. The molecule has 0 atom stereocenters. The van der Waals surface area contributed by atoms with Crippen molar-refractivity contribution >= 4 is 17.0 Å². The molecule has 6 heteroatoms. The Morgan fingerprint density at radius 3 is 2.50 bits per heavy atom. The summed E-state index contributed by atoms with van der Waals surface area (Å²) >= 11 is 0. The van der Waals surface area contributed by atoms with E-state index in [1.165, 1.54) is 24.0 Å². The molecule has 4 aromatic rings. The van der Waals surface area contributed by atoms with Gasteiger partial charge in [-0.25, -0.2) is 9.78 Å². The number of aromatic carboxylic acids is 1. The monoisotopic (exact) mass is 454 g/mol. The number of carbonyl (C=O) groups is 1. The third kappa shape index (κ3) is 4.60. The molecule has 0 spiro atoms. The molecule has 0 unspecified atom stereocenters. The van der Waals surface area contributed by atoms with Gasteiger partial charge in [0.15, 0.2) is 0 Å². The Labute approximate surface area is 199 Å². The quantitative estimate of drug-likeness (QED) is 0.378. The minimum atomic E-state index is -0.971. The van der Waals surface area contributed by atoms with E-state index in [0.717, 1.165) is 41.8 Å². The summed E-state index contributed by atoms with van der Waals surface area (Å²) in [6, 6.07) is 21.1. The molecule has 2 heterocycles. The Kier molecular flexibility index (Phi) is 6.18. The minimum absolute atomic E-state index is 0.214. The zero-order valence-corrected chi connectivity index (χ0v) is 19.6. The first-order chi connectivity index (χ1) is 16.5. The van der Waals surface area contributed by atoms with Gasteiger partial charge in [-0.2, -0.15) is 0 Å². The number of nitrogens with one attached hydrogen (secondary N) is 2. The average molecular weight is 455 g/mol. The summed E-state index contributed by atoms with van der Waals surface area (Å²) in [5.41, 5.74) is 6.95. The molecule has 1 aliphatic rings. The zero-order chi connectivity index (χ0) is 23.7. The van der Waals surface area contributed by atoms with E-state index < -0.39 is 5.97 Å². The predicted octanol–water partition coefficient (Wildman–Crippen LogP) is 5.09. The van der Waals surface area contributed by atoms with Gasteiger partial charge in [-0.3, -0.25) is 0 Å². The van der Waals surface area contributed by atoms with E-state index in [0.29, 0.717) is 17.4 Å². The lowest BCUT2D eigenvalue weighted by Crippen LogP contribution is -2.40. The number of benzene rings is 3. The number of aromatic amines is 1. The zero-order valence-electron chi connectivity index (χ0n) is 19.6. The molecule has 0 aliphatic carbocycles. The fourth-order valence-electron chi connectivity index (χ4n) is 4.84. The number of aromatic nitrogens is 2. The van der Waals surface area contributed by atoms with Crippen LogP contribution in [0.4, 0.5) is 0 Å². The molecule has 0 radical (unpaired) electrons. The smallest absolute Gasteiger partial charge is 0.337 e. The summed E-state index contributed by atoms with van der Waals surface area (Å²) in [4.78, 5) is 21.7. The molecule has 174 valence electrons. The summed E-state index contributed by atoms with van der Waals surface area (Å²) in [5.74, 6) is -0.267. The molecular weight excluding hydrogens is 424 g/mol. The van der Waals surface area contributed by atoms with Gasteiger partial charge in [0.05, 0.1) is 11.1 Å². The lowest BCUT2D eigenvalue weighted by Gasteiger charge is -2.29. The maximum Gasteiger partial charge on any atom is 0.337 e. The molecule has 34 heavy (non-hydrogen) atoms. The second-order valence-electron chi connectivity index (χ2n) is 9.24. The van der Waals surface area contributed by atoms with Crippen LogP contribution in [0.15, 0.2) is 60.7 Å². The summed E-state index contributed by atoms with van der Waals surface area (Å²) in [6.45, 7) is 4.98. The third-order valence-corrected chi connectivity index (χ3v) is 6.78. The summed E-state index contributed by atoms with van der Waals surface area (Å²) in [5, 5.41) is 13.4. The van der Waals surface area contributed by atoms with Gasteiger partial charge < -0.3 is 20.3 Å². The number of aryl methyl sites for hydroxylation is 1. The molecule has 1 saturated heterocycles. The third-order valence-electron chi connectivity index (χ3n) is 6.78. The van der Waals surface area contributed by atoms with Crippen molar-refractivity contribution in [3.8, 4) is 22.3 Å². The Morgan fingerprint density at radius 1 is 1.06 bits per heavy atom. The van der Waals surface area contributed by atoms with Gasteiger partial charge in [0.2, 0.25) is 0 Å². The van der Waals surface area contributed by atoms with Crippen molar-refractivity contribution in [3.63, 3.8) is 0 Å². The van der Waals surface area contributed by atoms with Crippen LogP contribution >= 0.6 is 0 Å². The van der Waals surface area contributed by atoms with Crippen LogP contribution in [0.1, 0.15) is 34.6 Å². The van der Waals surface area contributed by atoms with Crippen molar-refractivity contribution in [2.45, 2.75) is 32.4 Å². The molecule has 0 amide bonds. The van der Waals surface area contributed by atoms with E-state index in [-0.39, 0.29) is 5.56 Å². The molecule has 1 fully saturated rings. The lowest BCUT2D eigenvalue weighted by molar-refractivity contribution is 0.0699. The standard InChI is InChI=1S/C28H30N4O2/c1-18-30-26-16-22(15-25(28(33)34)27(26)31-18)19-7-9-20(10-8-19)24-6-4-3-5-21(24)17-29-23-11-13-32(2)14-12-23/h3-10,15-16,23,29H,11-14,17H2,1-2H3,(H,30,31)(H,33,34). The highest BCUT2D eigenvalue weighted by Crippen LogP contribution is 2.30. The number of likely N-dealkylation sites (tertiary alicyclic amines) is 1. The molecule has 5 rings (SSSR count). The Morgan fingerprint density at radius 2 is 1.76 bits per heavy atom. The van der Waals surface area contributed by atoms with Crippen LogP contribution in [0.5, 0.6) is 0 Å². The van der Waals surface area contributed by atoms with Crippen LogP contribution in [-0.2, 0) is 6.54 Å². The van der Waals surface area contributed by atoms with E-state index in [4.69, 9.17) is 0 Å². The highest BCUT2D eigenvalue weighted by molar-refractivity contribution is 6.03. The van der Waals surface area contributed by atoms with E-state index in [1.807, 2.05) is 13.0 Å². The maximum atomic E-state index is 11.8. The lowest BCUT2D eigenvalue weighted by atomic mass is 9.95. The SMILES string of the molecule is Cc1nc2c(C(=O)O)cc(-c3ccc(-c4ccccc4CNC4CCN(C)CC4)cc3)cc2[nH]1. The number of H-pyrrole nitrogens is 1. The van der Waals surface area contributed by atoms with E-state index >= 15 is 0 Å². The summed E-state index contributed by atoms with van der Waals surface area (Å²) in [6.07, 6.45) is 2.37. The van der Waals surface area contributed by atoms with Gasteiger partial charge in [-0.05, 0) is 79.9 Å². The topological polar surface area (TPSA) is 81.2 Å². The predicted molar refractivity (Wildman–Crippen MR) is 136 cm³/mol. The van der Waals surface area contributed by atoms with Crippen LogP contribution in [-0.4, -0.2) is 52.1 Å². The number of nitrogens with zero attached hydrogens (tertiary/aromatic N) is 2. The van der Waals surface area contributed by atoms with Crippen molar-refractivity contribution in [1.82, 2.24) is 20.2 Å². The van der Waals surface area contributed by atoms with Crippen LogP contribution < -0.4 is 5.32 Å². The number of carboxylic acids is 1. The molecule has 3 N–H and O–H groups in total. The number of rotatable bonds is 6. The van der Waals surface area contributed by atoms with Crippen LogP contribution in [0.2, 0.25) is 0 Å². The molecule has 0 bridgehead atoms. The molecule has 1 aliphatic heterocycles. The average Bonchev–Trinajstić information content (AvgIpc) is 3.23. The molecular formula is C28H30N4O2. The van der Waals surface area contributed by atoms with Crippen molar-refractivity contribution in [2.75, 3.05) is 20.1 Å². The van der Waals surface area contributed by atoms with Gasteiger partial charge >= 0.3 is 5.97 Å². The maximum absolute atomic E-state index is 11.8. The molecule has 6 nitrogen and oxygen atoms in total. The van der Waals surface area contributed by atoms with Crippen molar-refractivity contribution in [1.29, 1.82) is 0 Å². The first-order valence-electron chi connectivity index (χ1n) is 11.8. The first-order valence-corrected chi connectivity index (χ1v) is 11.8. The van der Waals surface area contributed by atoms with Gasteiger partial charge in [0, 0.05) is 12.6 Å². The molecule has 1 aromatic heterocycles. The minimum Gasteiger partial charge on any atom is -0.478 e. The van der Waals surface area contributed by atoms with Crippen molar-refractivity contribution in [2.24, 2.45) is 0 Å². The largest absolute Gasteiger partial charge is 0.478 e. The highest BCUT2D eigenvalue weighted by atomic mass is 16.4. The van der Waals surface area contributed by atoms with Gasteiger partial charge in [-0.15, -0.1) is 0 Å². The van der Waals surface area contributed by atoms with Gasteiger partial charge in [0.25, 0.3) is 0 Å². The number of hydrogen-bond donors (Lipinski definition) is 3. The van der Waals surface area contributed by atoms with E-state index in [9.17, 15) is 9.90 Å². The number of carboxylic acid groups (broad SMARTS) is 1. The van der Waals surface area contributed by atoms with E-state index in [2.05, 4.69) is 75.8 Å². The summed E-state index contributed by atoms with van der Waals surface area (Å²) < 4.78 is 0. The van der Waals surface area contributed by atoms with Crippen LogP contribution in [0.3, 0.4) is 0 Å². The number of fused-ring (bicyclic) bond motifs is 1. The Balaban J connectivity index is 1.39. The van der Waals surface area contributed by atoms with E-state index in [1.54, 1.807) is 6.07 Å². The first kappa shape index (κ1) is 22.3. The fourth-order valence-corrected chi connectivity index (χ4v) is 4.84. The van der Waals surface area contributed by atoms with Gasteiger partial charge in [0.1, 0.15) is 11.3 Å². The van der Waals surface area contributed by atoms with Gasteiger partial charge in [-0.1, -0.05) is 48.5 Å². The highest BCUT2D eigenvalue weighted by Gasteiger charge is 2.17. The van der Waals surface area contributed by atoms with Crippen LogP contribution in [0, 0.1) is 6.92 Å². The Hall–Kier alpha value is -3.48.